The highest BCUT2D eigenvalue weighted by molar-refractivity contribution is 7.92. The van der Waals surface area contributed by atoms with Crippen LogP contribution in [0.2, 0.25) is 0 Å². The summed E-state index contributed by atoms with van der Waals surface area (Å²) in [4.78, 5) is 30.2. The summed E-state index contributed by atoms with van der Waals surface area (Å²) < 4.78 is 37.3. The fourth-order valence-electron chi connectivity index (χ4n) is 4.18. The number of sulfonamides is 1. The molecule has 0 radical (unpaired) electrons. The van der Waals surface area contributed by atoms with Gasteiger partial charge >= 0.3 is 0 Å². The standard InChI is InChI=1S/C30H33N5O6S/c1-18-9-10-21(14-22(18)24-15-26(41-34-24)29(37)32-17-19-8-7-11-31-16-19)33-28(36)23-12-20(30(2,3)4)13-25(27(23)40-5)35-42(6,38)39/h7-16,35H,17H2,1-6H3,(H,32,37)(H,33,36). The summed E-state index contributed by atoms with van der Waals surface area (Å²) in [7, 11) is -2.27. The summed E-state index contributed by atoms with van der Waals surface area (Å²) in [5, 5.41) is 9.71. The first-order valence-corrected chi connectivity index (χ1v) is 14.9. The van der Waals surface area contributed by atoms with Gasteiger partial charge < -0.3 is 19.9 Å². The molecule has 0 unspecified atom stereocenters. The zero-order valence-corrected chi connectivity index (χ0v) is 25.0. The Morgan fingerprint density at radius 1 is 1.05 bits per heavy atom. The van der Waals surface area contributed by atoms with Gasteiger partial charge in [-0.2, -0.15) is 0 Å². The molecule has 0 fully saturated rings. The predicted octanol–water partition coefficient (Wildman–Crippen LogP) is 4.90. The molecular formula is C30H33N5O6S. The molecule has 0 saturated carbocycles. The first-order valence-electron chi connectivity index (χ1n) is 13.0. The van der Waals surface area contributed by atoms with Gasteiger partial charge in [0.15, 0.2) is 5.75 Å². The van der Waals surface area contributed by atoms with E-state index in [1.54, 1.807) is 48.8 Å². The van der Waals surface area contributed by atoms with Crippen molar-refractivity contribution in [3.05, 3.63) is 88.9 Å². The zero-order chi connectivity index (χ0) is 30.7. The van der Waals surface area contributed by atoms with Crippen molar-refractivity contribution in [3.8, 4) is 17.0 Å². The van der Waals surface area contributed by atoms with E-state index in [9.17, 15) is 18.0 Å². The molecule has 4 rings (SSSR count). The Morgan fingerprint density at radius 3 is 2.45 bits per heavy atom. The van der Waals surface area contributed by atoms with E-state index < -0.39 is 21.8 Å². The van der Waals surface area contributed by atoms with Gasteiger partial charge in [-0.1, -0.05) is 38.1 Å². The van der Waals surface area contributed by atoms with Crippen LogP contribution in [-0.2, 0) is 22.0 Å². The molecule has 12 heteroatoms. The average molecular weight is 592 g/mol. The van der Waals surface area contributed by atoms with Gasteiger partial charge in [0.1, 0.15) is 5.69 Å². The number of rotatable bonds is 9. The Kier molecular flexibility index (Phi) is 8.67. The van der Waals surface area contributed by atoms with Crippen LogP contribution in [0.3, 0.4) is 0 Å². The minimum absolute atomic E-state index is 0.0392. The van der Waals surface area contributed by atoms with Crippen molar-refractivity contribution >= 4 is 33.2 Å². The van der Waals surface area contributed by atoms with Crippen LogP contribution in [0.4, 0.5) is 11.4 Å². The maximum absolute atomic E-state index is 13.5. The third-order valence-electron chi connectivity index (χ3n) is 6.38. The number of hydrogen-bond acceptors (Lipinski definition) is 8. The lowest BCUT2D eigenvalue weighted by atomic mass is 9.85. The molecule has 4 aromatic rings. The molecule has 2 aromatic carbocycles. The number of amides is 2. The van der Waals surface area contributed by atoms with E-state index in [4.69, 9.17) is 9.26 Å². The van der Waals surface area contributed by atoms with E-state index in [0.29, 0.717) is 16.9 Å². The molecule has 0 bridgehead atoms. The normalized spacial score (nSPS) is 11.6. The van der Waals surface area contributed by atoms with Gasteiger partial charge in [-0.05, 0) is 59.4 Å². The average Bonchev–Trinajstić information content (AvgIpc) is 3.42. The minimum atomic E-state index is -3.65. The van der Waals surface area contributed by atoms with Crippen LogP contribution in [0.5, 0.6) is 5.75 Å². The molecule has 2 aromatic heterocycles. The fourth-order valence-corrected chi connectivity index (χ4v) is 4.73. The SMILES string of the molecule is COc1c(NS(C)(=O)=O)cc(C(C)(C)C)cc1C(=O)Nc1ccc(C)c(-c2cc(C(=O)NCc3cccnc3)on2)c1. The third kappa shape index (κ3) is 7.32. The van der Waals surface area contributed by atoms with E-state index in [1.165, 1.54) is 13.2 Å². The largest absolute Gasteiger partial charge is 0.494 e. The Morgan fingerprint density at radius 2 is 1.81 bits per heavy atom. The number of carbonyl (C=O) groups excluding carboxylic acids is 2. The first-order chi connectivity index (χ1) is 19.7. The molecule has 0 saturated heterocycles. The number of anilines is 2. The van der Waals surface area contributed by atoms with Crippen molar-refractivity contribution < 1.29 is 27.3 Å². The van der Waals surface area contributed by atoms with Crippen LogP contribution in [-0.4, -0.2) is 43.7 Å². The highest BCUT2D eigenvalue weighted by Crippen LogP contribution is 2.36. The number of aryl methyl sites for hydroxylation is 1. The van der Waals surface area contributed by atoms with Crippen LogP contribution in [0.15, 0.2) is 65.4 Å². The van der Waals surface area contributed by atoms with Crippen molar-refractivity contribution in [3.63, 3.8) is 0 Å². The summed E-state index contributed by atoms with van der Waals surface area (Å²) in [6.07, 6.45) is 4.34. The van der Waals surface area contributed by atoms with E-state index >= 15 is 0 Å². The lowest BCUT2D eigenvalue weighted by Crippen LogP contribution is -2.22. The van der Waals surface area contributed by atoms with Crippen molar-refractivity contribution in [2.45, 2.75) is 39.7 Å². The number of methoxy groups -OCH3 is 1. The summed E-state index contributed by atoms with van der Waals surface area (Å²) in [5.74, 6) is -0.793. The highest BCUT2D eigenvalue weighted by atomic mass is 32.2. The number of nitrogens with one attached hydrogen (secondary N) is 3. The summed E-state index contributed by atoms with van der Waals surface area (Å²) >= 11 is 0. The second-order valence-electron chi connectivity index (χ2n) is 10.8. The summed E-state index contributed by atoms with van der Waals surface area (Å²) in [6, 6.07) is 13.8. The maximum atomic E-state index is 13.5. The Balaban J connectivity index is 1.60. The molecule has 11 nitrogen and oxygen atoms in total. The Hall–Kier alpha value is -4.71. The number of pyridine rings is 1. The lowest BCUT2D eigenvalue weighted by molar-refractivity contribution is 0.0913. The van der Waals surface area contributed by atoms with E-state index in [0.717, 1.165) is 22.9 Å². The van der Waals surface area contributed by atoms with Crippen molar-refractivity contribution in [2.24, 2.45) is 0 Å². The monoisotopic (exact) mass is 591 g/mol. The minimum Gasteiger partial charge on any atom is -0.494 e. The second kappa shape index (κ2) is 12.0. The number of nitrogens with zero attached hydrogens (tertiary/aromatic N) is 2. The van der Waals surface area contributed by atoms with Crippen LogP contribution in [0.25, 0.3) is 11.3 Å². The summed E-state index contributed by atoms with van der Waals surface area (Å²) in [5.41, 5.74) is 3.88. The maximum Gasteiger partial charge on any atom is 0.290 e. The van der Waals surface area contributed by atoms with Crippen LogP contribution >= 0.6 is 0 Å². The fraction of sp³-hybridized carbons (Fsp3) is 0.267. The third-order valence-corrected chi connectivity index (χ3v) is 6.97. The van der Waals surface area contributed by atoms with Gasteiger partial charge in [-0.25, -0.2) is 8.42 Å². The topological polar surface area (TPSA) is 153 Å². The van der Waals surface area contributed by atoms with E-state index in [2.05, 4.69) is 25.5 Å². The number of carbonyl (C=O) groups is 2. The van der Waals surface area contributed by atoms with Crippen molar-refractivity contribution in [1.82, 2.24) is 15.5 Å². The van der Waals surface area contributed by atoms with Gasteiger partial charge in [0.2, 0.25) is 15.8 Å². The van der Waals surface area contributed by atoms with Gasteiger partial charge in [-0.15, -0.1) is 0 Å². The summed E-state index contributed by atoms with van der Waals surface area (Å²) in [6.45, 7) is 8.02. The van der Waals surface area contributed by atoms with Gasteiger partial charge in [0.05, 0.1) is 24.6 Å². The zero-order valence-electron chi connectivity index (χ0n) is 24.2. The number of benzene rings is 2. The van der Waals surface area contributed by atoms with Crippen LogP contribution in [0, 0.1) is 6.92 Å². The van der Waals surface area contributed by atoms with E-state index in [-0.39, 0.29) is 34.7 Å². The second-order valence-corrected chi connectivity index (χ2v) is 12.6. The van der Waals surface area contributed by atoms with Crippen LogP contribution in [0.1, 0.15) is 58.4 Å². The van der Waals surface area contributed by atoms with Crippen molar-refractivity contribution in [2.75, 3.05) is 23.4 Å². The highest BCUT2D eigenvalue weighted by Gasteiger charge is 2.25. The lowest BCUT2D eigenvalue weighted by Gasteiger charge is -2.23. The molecule has 2 amide bonds. The predicted molar refractivity (Wildman–Crippen MR) is 160 cm³/mol. The van der Waals surface area contributed by atoms with Gasteiger partial charge in [-0.3, -0.25) is 19.3 Å². The molecule has 220 valence electrons. The molecular weight excluding hydrogens is 558 g/mol. The van der Waals surface area contributed by atoms with Gasteiger partial charge in [0, 0.05) is 36.3 Å². The molecule has 0 aliphatic heterocycles. The van der Waals surface area contributed by atoms with Crippen LogP contribution < -0.4 is 20.1 Å². The molecule has 0 aliphatic rings. The number of ether oxygens (including phenoxy) is 1. The van der Waals surface area contributed by atoms with Crippen molar-refractivity contribution in [1.29, 1.82) is 0 Å². The molecule has 0 atom stereocenters. The first kappa shape index (κ1) is 30.3. The molecule has 3 N–H and O–H groups in total. The molecule has 0 spiro atoms. The molecule has 2 heterocycles. The number of aromatic nitrogens is 2. The molecule has 42 heavy (non-hydrogen) atoms. The quantitative estimate of drug-likeness (QED) is 0.248. The Labute approximate surface area is 244 Å². The number of hydrogen-bond donors (Lipinski definition) is 3. The smallest absolute Gasteiger partial charge is 0.290 e. The van der Waals surface area contributed by atoms with Gasteiger partial charge in [0.25, 0.3) is 11.8 Å². The molecule has 0 aliphatic carbocycles. The Bertz CT molecular complexity index is 1730. The van der Waals surface area contributed by atoms with E-state index in [1.807, 2.05) is 33.8 Å².